The van der Waals surface area contributed by atoms with Gasteiger partial charge in [-0.15, -0.1) is 0 Å². The molecule has 1 saturated heterocycles. The molecule has 0 aromatic carbocycles. The summed E-state index contributed by atoms with van der Waals surface area (Å²) in [5.74, 6) is 2.24. The van der Waals surface area contributed by atoms with E-state index in [9.17, 15) is 9.59 Å². The van der Waals surface area contributed by atoms with E-state index in [2.05, 4.69) is 12.2 Å². The first-order valence-corrected chi connectivity index (χ1v) is 8.51. The molecule has 0 atom stereocenters. The van der Waals surface area contributed by atoms with Gasteiger partial charge in [-0.2, -0.15) is 11.8 Å². The van der Waals surface area contributed by atoms with Crippen molar-refractivity contribution >= 4 is 23.6 Å². The van der Waals surface area contributed by atoms with E-state index < -0.39 is 5.54 Å². The van der Waals surface area contributed by atoms with Gasteiger partial charge in [-0.25, -0.2) is 0 Å². The minimum absolute atomic E-state index is 0.0425. The molecule has 5 heteroatoms. The molecule has 1 aliphatic carbocycles. The van der Waals surface area contributed by atoms with Crippen LogP contribution in [0.25, 0.3) is 0 Å². The third-order valence-corrected chi connectivity index (χ3v) is 4.98. The number of carbonyl (C=O) groups is 2. The molecule has 19 heavy (non-hydrogen) atoms. The standard InChI is InChI=1S/C14H24N2O2S/c1-2-19-11-10-16-9-6-12(17)15-14(13(16)18)7-4-3-5-8-14/h2-11H2,1H3,(H,15,17). The highest BCUT2D eigenvalue weighted by atomic mass is 32.2. The third kappa shape index (κ3) is 3.44. The largest absolute Gasteiger partial charge is 0.342 e. The SMILES string of the molecule is CCSCCN1CCC(=O)NC2(CCCCC2)C1=O. The van der Waals surface area contributed by atoms with Gasteiger partial charge in [0.05, 0.1) is 0 Å². The van der Waals surface area contributed by atoms with Gasteiger partial charge >= 0.3 is 0 Å². The van der Waals surface area contributed by atoms with E-state index in [1.807, 2.05) is 16.7 Å². The van der Waals surface area contributed by atoms with E-state index >= 15 is 0 Å². The van der Waals surface area contributed by atoms with Gasteiger partial charge < -0.3 is 10.2 Å². The van der Waals surface area contributed by atoms with Crippen LogP contribution >= 0.6 is 11.8 Å². The zero-order valence-electron chi connectivity index (χ0n) is 11.7. The summed E-state index contributed by atoms with van der Waals surface area (Å²) in [5.41, 5.74) is -0.581. The summed E-state index contributed by atoms with van der Waals surface area (Å²) in [5, 5.41) is 3.03. The van der Waals surface area contributed by atoms with Crippen molar-refractivity contribution in [2.75, 3.05) is 24.6 Å². The van der Waals surface area contributed by atoms with Crippen LogP contribution in [0.5, 0.6) is 0 Å². The van der Waals surface area contributed by atoms with Crippen molar-refractivity contribution in [3.63, 3.8) is 0 Å². The quantitative estimate of drug-likeness (QED) is 0.801. The molecule has 2 fully saturated rings. The van der Waals surface area contributed by atoms with Crippen LogP contribution in [0.15, 0.2) is 0 Å². The van der Waals surface area contributed by atoms with Crippen molar-refractivity contribution in [2.45, 2.75) is 51.0 Å². The Balaban J connectivity index is 2.08. The van der Waals surface area contributed by atoms with E-state index in [1.165, 1.54) is 6.42 Å². The van der Waals surface area contributed by atoms with Crippen molar-refractivity contribution in [3.8, 4) is 0 Å². The summed E-state index contributed by atoms with van der Waals surface area (Å²) >= 11 is 1.85. The average molecular weight is 284 g/mol. The zero-order valence-corrected chi connectivity index (χ0v) is 12.6. The molecule has 2 rings (SSSR count). The number of amides is 2. The van der Waals surface area contributed by atoms with Gasteiger partial charge in [0.1, 0.15) is 5.54 Å². The van der Waals surface area contributed by atoms with Crippen molar-refractivity contribution < 1.29 is 9.59 Å². The zero-order chi connectivity index (χ0) is 13.7. The Labute approximate surface area is 119 Å². The maximum Gasteiger partial charge on any atom is 0.248 e. The molecule has 1 heterocycles. The first-order valence-electron chi connectivity index (χ1n) is 7.36. The second kappa shape index (κ2) is 6.64. The number of thioether (sulfide) groups is 1. The molecule has 0 aromatic heterocycles. The highest BCUT2D eigenvalue weighted by molar-refractivity contribution is 7.99. The van der Waals surface area contributed by atoms with Crippen LogP contribution < -0.4 is 5.32 Å². The molecule has 0 radical (unpaired) electrons. The van der Waals surface area contributed by atoms with Crippen LogP contribution in [0.3, 0.4) is 0 Å². The topological polar surface area (TPSA) is 49.4 Å². The summed E-state index contributed by atoms with van der Waals surface area (Å²) in [7, 11) is 0. The fourth-order valence-corrected chi connectivity index (χ4v) is 3.69. The number of nitrogens with one attached hydrogen (secondary N) is 1. The number of carbonyl (C=O) groups excluding carboxylic acids is 2. The fraction of sp³-hybridized carbons (Fsp3) is 0.857. The summed E-state index contributed by atoms with van der Waals surface area (Å²) < 4.78 is 0. The second-order valence-corrected chi connectivity index (χ2v) is 6.82. The molecule has 2 amide bonds. The molecule has 0 unspecified atom stereocenters. The Morgan fingerprint density at radius 2 is 2.00 bits per heavy atom. The van der Waals surface area contributed by atoms with Crippen LogP contribution in [-0.2, 0) is 9.59 Å². The highest BCUT2D eigenvalue weighted by Crippen LogP contribution is 2.31. The first kappa shape index (κ1) is 14.7. The Hall–Kier alpha value is -0.710. The number of rotatable bonds is 4. The minimum atomic E-state index is -0.581. The molecule has 1 N–H and O–H groups in total. The predicted octanol–water partition coefficient (Wildman–Crippen LogP) is 1.79. The lowest BCUT2D eigenvalue weighted by Gasteiger charge is -2.38. The van der Waals surface area contributed by atoms with Crippen molar-refractivity contribution in [3.05, 3.63) is 0 Å². The molecule has 1 saturated carbocycles. The third-order valence-electron chi connectivity index (χ3n) is 4.10. The Kier molecular flexibility index (Phi) is 5.13. The van der Waals surface area contributed by atoms with Crippen molar-refractivity contribution in [1.29, 1.82) is 0 Å². The maximum atomic E-state index is 12.8. The van der Waals surface area contributed by atoms with Gasteiger partial charge in [-0.1, -0.05) is 26.2 Å². The Bertz CT molecular complexity index is 340. The smallest absolute Gasteiger partial charge is 0.248 e. The lowest BCUT2D eigenvalue weighted by molar-refractivity contribution is -0.140. The number of hydrogen-bond donors (Lipinski definition) is 1. The van der Waals surface area contributed by atoms with Gasteiger partial charge in [-0.3, -0.25) is 9.59 Å². The molecule has 0 bridgehead atoms. The lowest BCUT2D eigenvalue weighted by Crippen LogP contribution is -2.58. The predicted molar refractivity (Wildman–Crippen MR) is 78.2 cm³/mol. The van der Waals surface area contributed by atoms with Gasteiger partial charge in [0, 0.05) is 25.3 Å². The van der Waals surface area contributed by atoms with E-state index in [1.54, 1.807) is 0 Å². The van der Waals surface area contributed by atoms with Gasteiger partial charge in [0.15, 0.2) is 0 Å². The summed E-state index contributed by atoms with van der Waals surface area (Å²) in [6, 6.07) is 0. The molecular weight excluding hydrogens is 260 g/mol. The maximum absolute atomic E-state index is 12.8. The molecule has 1 spiro atoms. The van der Waals surface area contributed by atoms with E-state index in [-0.39, 0.29) is 11.8 Å². The normalized spacial score (nSPS) is 23.3. The highest BCUT2D eigenvalue weighted by Gasteiger charge is 2.44. The Morgan fingerprint density at radius 3 is 2.68 bits per heavy atom. The van der Waals surface area contributed by atoms with E-state index in [4.69, 9.17) is 0 Å². The van der Waals surface area contributed by atoms with Crippen LogP contribution in [-0.4, -0.2) is 46.8 Å². The van der Waals surface area contributed by atoms with Gasteiger partial charge in [0.25, 0.3) is 0 Å². The van der Waals surface area contributed by atoms with Crippen LogP contribution in [0, 0.1) is 0 Å². The molecule has 2 aliphatic rings. The molecule has 4 nitrogen and oxygen atoms in total. The van der Waals surface area contributed by atoms with E-state index in [0.29, 0.717) is 13.0 Å². The second-order valence-electron chi connectivity index (χ2n) is 5.43. The Morgan fingerprint density at radius 1 is 1.26 bits per heavy atom. The molecule has 0 aromatic rings. The molecule has 1 aliphatic heterocycles. The number of nitrogens with zero attached hydrogens (tertiary/aromatic N) is 1. The fourth-order valence-electron chi connectivity index (χ4n) is 3.05. The first-order chi connectivity index (χ1) is 9.18. The summed E-state index contributed by atoms with van der Waals surface area (Å²) in [6.07, 6.45) is 5.35. The van der Waals surface area contributed by atoms with Crippen molar-refractivity contribution in [2.24, 2.45) is 0 Å². The summed E-state index contributed by atoms with van der Waals surface area (Å²) in [6.45, 7) is 3.48. The lowest BCUT2D eigenvalue weighted by atomic mass is 9.80. The summed E-state index contributed by atoms with van der Waals surface area (Å²) in [4.78, 5) is 26.6. The minimum Gasteiger partial charge on any atom is -0.342 e. The monoisotopic (exact) mass is 284 g/mol. The average Bonchev–Trinajstić information content (AvgIpc) is 2.52. The number of hydrogen-bond acceptors (Lipinski definition) is 3. The van der Waals surface area contributed by atoms with Crippen LogP contribution in [0.4, 0.5) is 0 Å². The van der Waals surface area contributed by atoms with Crippen molar-refractivity contribution in [1.82, 2.24) is 10.2 Å². The van der Waals surface area contributed by atoms with Crippen LogP contribution in [0.1, 0.15) is 45.4 Å². The van der Waals surface area contributed by atoms with Crippen LogP contribution in [0.2, 0.25) is 0 Å². The van der Waals surface area contributed by atoms with Gasteiger partial charge in [-0.05, 0) is 18.6 Å². The van der Waals surface area contributed by atoms with E-state index in [0.717, 1.165) is 43.7 Å². The molecular formula is C14H24N2O2S. The molecule has 108 valence electrons. The van der Waals surface area contributed by atoms with Gasteiger partial charge in [0.2, 0.25) is 11.8 Å².